The van der Waals surface area contributed by atoms with Crippen LogP contribution in [0.2, 0.25) is 0 Å². The van der Waals surface area contributed by atoms with Gasteiger partial charge >= 0.3 is 0 Å². The number of carbonyl (C=O) groups is 1. The molecule has 25 heavy (non-hydrogen) atoms. The lowest BCUT2D eigenvalue weighted by atomic mass is 9.78. The molecule has 3 aliphatic rings. The van der Waals surface area contributed by atoms with Crippen LogP contribution in [-0.2, 0) is 0 Å². The molecule has 3 heteroatoms. The molecule has 1 aromatic carbocycles. The van der Waals surface area contributed by atoms with Crippen LogP contribution >= 0.6 is 0 Å². The van der Waals surface area contributed by atoms with Gasteiger partial charge in [0.2, 0.25) is 0 Å². The fourth-order valence-electron chi connectivity index (χ4n) is 5.09. The Bertz CT molecular complexity index is 574. The molecular formula is C22H31NO2. The molecule has 1 amide bonds. The van der Waals surface area contributed by atoms with E-state index in [0.717, 1.165) is 43.0 Å². The molecule has 3 fully saturated rings. The summed E-state index contributed by atoms with van der Waals surface area (Å²) in [7, 11) is 0. The molecule has 2 unspecified atom stereocenters. The van der Waals surface area contributed by atoms with Crippen molar-refractivity contribution in [2.24, 2.45) is 5.92 Å². The molecule has 136 valence electrons. The zero-order valence-corrected chi connectivity index (χ0v) is 15.3. The summed E-state index contributed by atoms with van der Waals surface area (Å²) in [5, 5.41) is 0. The summed E-state index contributed by atoms with van der Waals surface area (Å²) < 4.78 is 6.10. The van der Waals surface area contributed by atoms with Crippen molar-refractivity contribution in [3.8, 4) is 5.75 Å². The van der Waals surface area contributed by atoms with Gasteiger partial charge in [0.05, 0.1) is 6.10 Å². The van der Waals surface area contributed by atoms with Crippen LogP contribution in [-0.4, -0.2) is 29.5 Å². The Kier molecular flexibility index (Phi) is 5.28. The molecule has 1 saturated heterocycles. The fraction of sp³-hybridized carbons (Fsp3) is 0.682. The summed E-state index contributed by atoms with van der Waals surface area (Å²) in [6.45, 7) is 0.931. The van der Waals surface area contributed by atoms with E-state index >= 15 is 0 Å². The lowest BCUT2D eigenvalue weighted by Crippen LogP contribution is -2.49. The first-order valence-electron chi connectivity index (χ1n) is 10.4. The number of piperidine rings is 1. The highest BCUT2D eigenvalue weighted by molar-refractivity contribution is 5.94. The van der Waals surface area contributed by atoms with Crippen molar-refractivity contribution in [2.75, 3.05) is 6.54 Å². The minimum Gasteiger partial charge on any atom is -0.490 e. The Balaban J connectivity index is 1.41. The summed E-state index contributed by atoms with van der Waals surface area (Å²) in [6.07, 6.45) is 14.2. The van der Waals surface area contributed by atoms with Crippen LogP contribution in [0.3, 0.4) is 0 Å². The van der Waals surface area contributed by atoms with Gasteiger partial charge in [-0.05, 0) is 81.5 Å². The van der Waals surface area contributed by atoms with Crippen molar-refractivity contribution in [3.05, 3.63) is 29.8 Å². The maximum Gasteiger partial charge on any atom is 0.254 e. The van der Waals surface area contributed by atoms with Crippen molar-refractivity contribution in [3.63, 3.8) is 0 Å². The third kappa shape index (κ3) is 3.86. The van der Waals surface area contributed by atoms with Gasteiger partial charge in [-0.25, -0.2) is 0 Å². The quantitative estimate of drug-likeness (QED) is 0.757. The normalized spacial score (nSPS) is 27.6. The monoisotopic (exact) mass is 341 g/mol. The first-order chi connectivity index (χ1) is 12.3. The van der Waals surface area contributed by atoms with Gasteiger partial charge in [0, 0.05) is 18.2 Å². The minimum absolute atomic E-state index is 0.223. The van der Waals surface area contributed by atoms with Crippen LogP contribution in [0.4, 0.5) is 0 Å². The fourth-order valence-corrected chi connectivity index (χ4v) is 5.09. The Morgan fingerprint density at radius 2 is 1.52 bits per heavy atom. The van der Waals surface area contributed by atoms with Gasteiger partial charge in [-0.1, -0.05) is 19.3 Å². The van der Waals surface area contributed by atoms with Gasteiger partial charge < -0.3 is 9.64 Å². The molecule has 2 saturated carbocycles. The standard InChI is InChI=1S/C22H31NO2/c24-22(23-16-6-8-17-7-4-5-11-21(17)23)18-12-14-20(15-13-18)25-19-9-2-1-3-10-19/h12-15,17,19,21H,1-11,16H2. The van der Waals surface area contributed by atoms with E-state index in [9.17, 15) is 4.79 Å². The third-order valence-corrected chi connectivity index (χ3v) is 6.46. The van der Waals surface area contributed by atoms with E-state index in [4.69, 9.17) is 4.74 Å². The average molecular weight is 341 g/mol. The SMILES string of the molecule is O=C(c1ccc(OC2CCCCC2)cc1)N1CCCC2CCCCC21. The van der Waals surface area contributed by atoms with E-state index in [-0.39, 0.29) is 5.91 Å². The van der Waals surface area contributed by atoms with Crippen LogP contribution in [0.1, 0.15) is 81.0 Å². The second kappa shape index (κ2) is 7.80. The Hall–Kier alpha value is -1.51. The highest BCUT2D eigenvalue weighted by Crippen LogP contribution is 2.36. The number of carbonyl (C=O) groups excluding carboxylic acids is 1. The van der Waals surface area contributed by atoms with E-state index in [1.54, 1.807) is 0 Å². The number of likely N-dealkylation sites (tertiary alicyclic amines) is 1. The maximum atomic E-state index is 13.0. The van der Waals surface area contributed by atoms with E-state index in [1.807, 2.05) is 24.3 Å². The molecule has 1 heterocycles. The maximum absolute atomic E-state index is 13.0. The van der Waals surface area contributed by atoms with Crippen molar-refractivity contribution in [1.29, 1.82) is 0 Å². The van der Waals surface area contributed by atoms with Gasteiger partial charge in [0.15, 0.2) is 0 Å². The largest absolute Gasteiger partial charge is 0.490 e. The number of hydrogen-bond acceptors (Lipinski definition) is 2. The smallest absolute Gasteiger partial charge is 0.254 e. The average Bonchev–Trinajstić information content (AvgIpc) is 2.68. The zero-order valence-electron chi connectivity index (χ0n) is 15.3. The second-order valence-electron chi connectivity index (χ2n) is 8.15. The lowest BCUT2D eigenvalue weighted by molar-refractivity contribution is 0.0390. The molecule has 2 aliphatic carbocycles. The van der Waals surface area contributed by atoms with E-state index in [1.165, 1.54) is 51.4 Å². The number of amides is 1. The number of benzene rings is 1. The van der Waals surface area contributed by atoms with Crippen LogP contribution in [0.25, 0.3) is 0 Å². The molecule has 1 aromatic rings. The number of nitrogens with zero attached hydrogens (tertiary/aromatic N) is 1. The minimum atomic E-state index is 0.223. The molecule has 0 N–H and O–H groups in total. The Morgan fingerprint density at radius 1 is 0.840 bits per heavy atom. The van der Waals surface area contributed by atoms with Crippen LogP contribution < -0.4 is 4.74 Å². The molecule has 0 bridgehead atoms. The zero-order chi connectivity index (χ0) is 17.1. The molecule has 1 aliphatic heterocycles. The topological polar surface area (TPSA) is 29.5 Å². The highest BCUT2D eigenvalue weighted by atomic mass is 16.5. The van der Waals surface area contributed by atoms with Crippen molar-refractivity contribution < 1.29 is 9.53 Å². The summed E-state index contributed by atoms with van der Waals surface area (Å²) >= 11 is 0. The van der Waals surface area contributed by atoms with Gasteiger partial charge in [-0.15, -0.1) is 0 Å². The number of fused-ring (bicyclic) bond motifs is 1. The number of rotatable bonds is 3. The lowest BCUT2D eigenvalue weighted by Gasteiger charge is -2.44. The molecule has 0 radical (unpaired) electrons. The highest BCUT2D eigenvalue weighted by Gasteiger charge is 2.35. The van der Waals surface area contributed by atoms with E-state index < -0.39 is 0 Å². The molecule has 0 aromatic heterocycles. The van der Waals surface area contributed by atoms with Gasteiger partial charge in [0.1, 0.15) is 5.75 Å². The summed E-state index contributed by atoms with van der Waals surface area (Å²) in [5.74, 6) is 1.87. The van der Waals surface area contributed by atoms with Gasteiger partial charge in [-0.3, -0.25) is 4.79 Å². The third-order valence-electron chi connectivity index (χ3n) is 6.46. The summed E-state index contributed by atoms with van der Waals surface area (Å²) in [6, 6.07) is 8.39. The molecular weight excluding hydrogens is 310 g/mol. The summed E-state index contributed by atoms with van der Waals surface area (Å²) in [4.78, 5) is 15.2. The van der Waals surface area contributed by atoms with Crippen LogP contribution in [0.5, 0.6) is 5.75 Å². The number of hydrogen-bond donors (Lipinski definition) is 0. The molecule has 2 atom stereocenters. The predicted octanol–water partition coefficient (Wildman–Crippen LogP) is 5.19. The van der Waals surface area contributed by atoms with Crippen molar-refractivity contribution >= 4 is 5.91 Å². The van der Waals surface area contributed by atoms with Crippen molar-refractivity contribution in [2.45, 2.75) is 82.8 Å². The molecule has 4 rings (SSSR count). The van der Waals surface area contributed by atoms with Crippen LogP contribution in [0, 0.1) is 5.92 Å². The Labute approximate surface area is 151 Å². The van der Waals surface area contributed by atoms with Gasteiger partial charge in [-0.2, -0.15) is 0 Å². The van der Waals surface area contributed by atoms with Crippen LogP contribution in [0.15, 0.2) is 24.3 Å². The van der Waals surface area contributed by atoms with Crippen molar-refractivity contribution in [1.82, 2.24) is 4.90 Å². The number of ether oxygens (including phenoxy) is 1. The molecule has 3 nitrogen and oxygen atoms in total. The first kappa shape index (κ1) is 16.9. The first-order valence-corrected chi connectivity index (χ1v) is 10.4. The summed E-state index contributed by atoms with van der Waals surface area (Å²) in [5.41, 5.74) is 0.821. The van der Waals surface area contributed by atoms with E-state index in [0.29, 0.717) is 12.1 Å². The second-order valence-corrected chi connectivity index (χ2v) is 8.15. The predicted molar refractivity (Wildman–Crippen MR) is 100.0 cm³/mol. The molecule has 0 spiro atoms. The van der Waals surface area contributed by atoms with Gasteiger partial charge in [0.25, 0.3) is 5.91 Å². The van der Waals surface area contributed by atoms with E-state index in [2.05, 4.69) is 4.90 Å². The Morgan fingerprint density at radius 3 is 2.32 bits per heavy atom.